The number of rotatable bonds is 4. The molecule has 0 saturated heterocycles. The Kier molecular flexibility index (Phi) is 5.25. The van der Waals surface area contributed by atoms with Crippen molar-refractivity contribution in [3.8, 4) is 22.9 Å². The second kappa shape index (κ2) is 9.62. The molecule has 0 bridgehead atoms. The maximum absolute atomic E-state index is 6.82. The second-order valence-corrected chi connectivity index (χ2v) is 11.7. The van der Waals surface area contributed by atoms with E-state index in [0.29, 0.717) is 0 Å². The number of fused-ring (bicyclic) bond motifs is 11. The van der Waals surface area contributed by atoms with Gasteiger partial charge in [-0.1, -0.05) is 91.0 Å². The van der Waals surface area contributed by atoms with Gasteiger partial charge in [-0.3, -0.25) is 0 Å². The van der Waals surface area contributed by atoms with E-state index in [1.807, 2.05) is 42.5 Å². The van der Waals surface area contributed by atoms with Crippen molar-refractivity contribution >= 4 is 65.6 Å². The first-order valence-electron chi connectivity index (χ1n) is 15.5. The van der Waals surface area contributed by atoms with Gasteiger partial charge in [0.2, 0.25) is 0 Å². The molecule has 216 valence electrons. The molecule has 0 radical (unpaired) electrons. The van der Waals surface area contributed by atoms with E-state index in [-0.39, 0.29) is 0 Å². The van der Waals surface area contributed by atoms with Crippen LogP contribution in [0.4, 0.5) is 0 Å². The summed E-state index contributed by atoms with van der Waals surface area (Å²) in [6.45, 7) is 0. The molecule has 0 fully saturated rings. The highest BCUT2D eigenvalue weighted by Crippen LogP contribution is 2.49. The van der Waals surface area contributed by atoms with Crippen molar-refractivity contribution in [3.63, 3.8) is 0 Å². The van der Waals surface area contributed by atoms with E-state index in [4.69, 9.17) is 9.15 Å². The Hall–Kier alpha value is -6.26. The molecule has 0 aliphatic heterocycles. The lowest BCUT2D eigenvalue weighted by Crippen LogP contribution is -1.97. The van der Waals surface area contributed by atoms with E-state index in [0.717, 1.165) is 77.7 Å². The van der Waals surface area contributed by atoms with Gasteiger partial charge < -0.3 is 18.3 Å². The van der Waals surface area contributed by atoms with E-state index in [1.54, 1.807) is 0 Å². The molecule has 0 spiro atoms. The van der Waals surface area contributed by atoms with Gasteiger partial charge in [0, 0.05) is 38.3 Å². The molecule has 10 rings (SSSR count). The normalized spacial score (nSPS) is 11.9. The fraction of sp³-hybridized carbons (Fsp3) is 0. The predicted octanol–water partition coefficient (Wildman–Crippen LogP) is 11.6. The van der Waals surface area contributed by atoms with Crippen LogP contribution in [0.1, 0.15) is 0 Å². The number of ether oxygens (including phenoxy) is 1. The van der Waals surface area contributed by atoms with Crippen molar-refractivity contribution in [2.24, 2.45) is 0 Å². The van der Waals surface area contributed by atoms with Gasteiger partial charge in [-0.25, -0.2) is 0 Å². The lowest BCUT2D eigenvalue weighted by Gasteiger charge is -2.13. The van der Waals surface area contributed by atoms with Crippen molar-refractivity contribution in [2.45, 2.75) is 0 Å². The SMILES string of the molecule is c1ccc(Oc2cc3c4ccccc4oc3c3c4ccc5c(c6ccccc6n5-c5ccccc5)c4n(-c4ccccc4)c23)cc1. The number of aromatic nitrogens is 2. The van der Waals surface area contributed by atoms with E-state index in [1.165, 1.54) is 10.8 Å². The summed E-state index contributed by atoms with van der Waals surface area (Å²) >= 11 is 0. The van der Waals surface area contributed by atoms with Crippen LogP contribution in [0.5, 0.6) is 11.5 Å². The fourth-order valence-corrected chi connectivity index (χ4v) is 7.27. The predicted molar refractivity (Wildman–Crippen MR) is 189 cm³/mol. The average Bonchev–Trinajstić information content (AvgIpc) is 3.77. The maximum Gasteiger partial charge on any atom is 0.152 e. The minimum atomic E-state index is 0.778. The summed E-state index contributed by atoms with van der Waals surface area (Å²) in [5, 5.41) is 6.64. The first-order valence-corrected chi connectivity index (χ1v) is 15.5. The summed E-state index contributed by atoms with van der Waals surface area (Å²) in [6.07, 6.45) is 0. The Bertz CT molecular complexity index is 2750. The number of hydrogen-bond donors (Lipinski definition) is 0. The molecular formula is C42H26N2O2. The number of benzene rings is 7. The molecule has 3 aromatic heterocycles. The molecular weight excluding hydrogens is 564 g/mol. The van der Waals surface area contributed by atoms with E-state index >= 15 is 0 Å². The third kappa shape index (κ3) is 3.49. The topological polar surface area (TPSA) is 32.2 Å². The van der Waals surface area contributed by atoms with E-state index < -0.39 is 0 Å². The molecule has 3 heterocycles. The minimum Gasteiger partial charge on any atom is -0.455 e. The molecule has 10 aromatic rings. The Morgan fingerprint density at radius 1 is 0.435 bits per heavy atom. The van der Waals surface area contributed by atoms with Crippen molar-refractivity contribution in [2.75, 3.05) is 0 Å². The molecule has 0 unspecified atom stereocenters. The smallest absolute Gasteiger partial charge is 0.152 e. The van der Waals surface area contributed by atoms with Crippen molar-refractivity contribution in [1.82, 2.24) is 9.13 Å². The molecule has 0 saturated carbocycles. The summed E-state index contributed by atoms with van der Waals surface area (Å²) in [5.74, 6) is 1.56. The fourth-order valence-electron chi connectivity index (χ4n) is 7.27. The zero-order valence-corrected chi connectivity index (χ0v) is 24.7. The van der Waals surface area contributed by atoms with Gasteiger partial charge in [0.05, 0.1) is 21.9 Å². The largest absolute Gasteiger partial charge is 0.455 e. The van der Waals surface area contributed by atoms with Gasteiger partial charge in [-0.2, -0.15) is 0 Å². The minimum absolute atomic E-state index is 0.778. The third-order valence-electron chi connectivity index (χ3n) is 9.13. The summed E-state index contributed by atoms with van der Waals surface area (Å²) in [5.41, 5.74) is 8.31. The van der Waals surface area contributed by atoms with Crippen LogP contribution in [0.2, 0.25) is 0 Å². The van der Waals surface area contributed by atoms with Crippen molar-refractivity contribution < 1.29 is 9.15 Å². The van der Waals surface area contributed by atoms with Gasteiger partial charge in [-0.15, -0.1) is 0 Å². The number of para-hydroxylation sites is 5. The number of furan rings is 1. The van der Waals surface area contributed by atoms with Crippen LogP contribution >= 0.6 is 0 Å². The summed E-state index contributed by atoms with van der Waals surface area (Å²) in [6, 6.07) is 54.9. The Morgan fingerprint density at radius 2 is 1.07 bits per heavy atom. The van der Waals surface area contributed by atoms with Gasteiger partial charge >= 0.3 is 0 Å². The maximum atomic E-state index is 6.82. The van der Waals surface area contributed by atoms with Crippen LogP contribution in [-0.4, -0.2) is 9.13 Å². The van der Waals surface area contributed by atoms with E-state index in [9.17, 15) is 0 Å². The molecule has 4 nitrogen and oxygen atoms in total. The quantitative estimate of drug-likeness (QED) is 0.204. The summed E-state index contributed by atoms with van der Waals surface area (Å²) < 4.78 is 18.3. The van der Waals surface area contributed by atoms with Gasteiger partial charge in [0.1, 0.15) is 22.4 Å². The highest BCUT2D eigenvalue weighted by Gasteiger charge is 2.26. The lowest BCUT2D eigenvalue weighted by atomic mass is 10.0. The molecule has 0 aliphatic rings. The summed E-state index contributed by atoms with van der Waals surface area (Å²) in [7, 11) is 0. The van der Waals surface area contributed by atoms with E-state index in [2.05, 4.69) is 124 Å². The van der Waals surface area contributed by atoms with Crippen LogP contribution in [0, 0.1) is 0 Å². The molecule has 0 amide bonds. The molecule has 0 N–H and O–H groups in total. The third-order valence-corrected chi connectivity index (χ3v) is 9.13. The zero-order chi connectivity index (χ0) is 30.2. The van der Waals surface area contributed by atoms with Gasteiger partial charge in [0.15, 0.2) is 5.75 Å². The Labute approximate surface area is 263 Å². The van der Waals surface area contributed by atoms with Crippen LogP contribution in [0.3, 0.4) is 0 Å². The van der Waals surface area contributed by atoms with Gasteiger partial charge in [-0.05, 0) is 66.7 Å². The van der Waals surface area contributed by atoms with Crippen molar-refractivity contribution in [1.29, 1.82) is 0 Å². The molecule has 7 aromatic carbocycles. The number of nitrogens with zero attached hydrogens (tertiary/aromatic N) is 2. The van der Waals surface area contributed by atoms with Crippen molar-refractivity contribution in [3.05, 3.63) is 158 Å². The number of hydrogen-bond acceptors (Lipinski definition) is 2. The highest BCUT2D eigenvalue weighted by atomic mass is 16.5. The van der Waals surface area contributed by atoms with Crippen LogP contribution in [-0.2, 0) is 0 Å². The Balaban J connectivity index is 1.47. The Morgan fingerprint density at radius 3 is 1.83 bits per heavy atom. The standard InChI is InChI=1S/C42H26N2O2/c1-4-14-27(15-5-1)43-34-22-12-10-21-31(34)38-35(43)25-24-32-39-41(44(40(32)38)28-16-6-2-7-17-28)37(45-29-18-8-3-9-19-29)26-33-30-20-11-13-23-36(30)46-42(33)39/h1-26H. The first-order chi connectivity index (χ1) is 22.8. The second-order valence-electron chi connectivity index (χ2n) is 11.7. The molecule has 0 atom stereocenters. The highest BCUT2D eigenvalue weighted by molar-refractivity contribution is 6.31. The monoisotopic (exact) mass is 590 g/mol. The molecule has 0 aliphatic carbocycles. The van der Waals surface area contributed by atoms with Gasteiger partial charge in [0.25, 0.3) is 0 Å². The van der Waals surface area contributed by atoms with Crippen LogP contribution < -0.4 is 4.74 Å². The zero-order valence-electron chi connectivity index (χ0n) is 24.7. The van der Waals surface area contributed by atoms with Crippen LogP contribution in [0.15, 0.2) is 162 Å². The first kappa shape index (κ1) is 25.1. The lowest BCUT2D eigenvalue weighted by molar-refractivity contribution is 0.487. The summed E-state index contributed by atoms with van der Waals surface area (Å²) in [4.78, 5) is 0. The van der Waals surface area contributed by atoms with Crippen LogP contribution in [0.25, 0.3) is 76.9 Å². The molecule has 46 heavy (non-hydrogen) atoms. The average molecular weight is 591 g/mol. The molecule has 4 heteroatoms.